The molecule has 1 fully saturated rings. The van der Waals surface area contributed by atoms with E-state index >= 15 is 0 Å². The molecule has 2 rings (SSSR count). The minimum atomic E-state index is -0.133. The second kappa shape index (κ2) is 4.56. The highest BCUT2D eigenvalue weighted by molar-refractivity contribution is 5.90. The average molecular weight is 224 g/mol. The summed E-state index contributed by atoms with van der Waals surface area (Å²) in [6.45, 7) is 1.52. The van der Waals surface area contributed by atoms with Gasteiger partial charge in [0, 0.05) is 19.1 Å². The number of amides is 1. The van der Waals surface area contributed by atoms with E-state index in [4.69, 9.17) is 0 Å². The number of hydrogen-bond donors (Lipinski definition) is 1. The van der Waals surface area contributed by atoms with Crippen LogP contribution >= 0.6 is 0 Å². The second-order valence-electron chi connectivity index (χ2n) is 4.22. The van der Waals surface area contributed by atoms with Crippen LogP contribution in [0.15, 0.2) is 0 Å². The molecule has 1 aliphatic rings. The van der Waals surface area contributed by atoms with Crippen molar-refractivity contribution in [1.82, 2.24) is 30.4 Å². The van der Waals surface area contributed by atoms with E-state index in [2.05, 4.69) is 39.6 Å². The molecule has 0 aliphatic carbocycles. The SMILES string of the molecule is CN(C)C1CCN(C(=O)c2nn[nH]n2)CC1. The summed E-state index contributed by atoms with van der Waals surface area (Å²) in [5.41, 5.74) is 0. The Morgan fingerprint density at radius 2 is 2.12 bits per heavy atom. The quantitative estimate of drug-likeness (QED) is 0.723. The third-order valence-corrected chi connectivity index (χ3v) is 3.02. The lowest BCUT2D eigenvalue weighted by Crippen LogP contribution is -2.44. The van der Waals surface area contributed by atoms with Crippen molar-refractivity contribution >= 4 is 5.91 Å². The number of hydrogen-bond acceptors (Lipinski definition) is 5. The van der Waals surface area contributed by atoms with E-state index in [1.165, 1.54) is 0 Å². The van der Waals surface area contributed by atoms with Crippen molar-refractivity contribution in [3.05, 3.63) is 5.82 Å². The van der Waals surface area contributed by atoms with E-state index in [9.17, 15) is 4.79 Å². The van der Waals surface area contributed by atoms with Gasteiger partial charge in [-0.05, 0) is 32.2 Å². The molecule has 0 aromatic carbocycles. The monoisotopic (exact) mass is 224 g/mol. The Morgan fingerprint density at radius 3 is 2.62 bits per heavy atom. The van der Waals surface area contributed by atoms with E-state index < -0.39 is 0 Å². The van der Waals surface area contributed by atoms with Crippen molar-refractivity contribution in [1.29, 1.82) is 0 Å². The molecule has 88 valence electrons. The van der Waals surface area contributed by atoms with E-state index in [0.717, 1.165) is 25.9 Å². The number of H-pyrrole nitrogens is 1. The molecule has 1 aliphatic heterocycles. The molecule has 0 atom stereocenters. The lowest BCUT2D eigenvalue weighted by Gasteiger charge is -2.34. The van der Waals surface area contributed by atoms with Crippen LogP contribution in [0.5, 0.6) is 0 Å². The first-order valence-corrected chi connectivity index (χ1v) is 5.37. The third-order valence-electron chi connectivity index (χ3n) is 3.02. The van der Waals surface area contributed by atoms with Gasteiger partial charge in [-0.2, -0.15) is 5.21 Å². The molecule has 1 saturated heterocycles. The molecule has 7 heteroatoms. The first-order chi connectivity index (χ1) is 7.68. The molecule has 0 saturated carbocycles. The number of rotatable bonds is 2. The molecule has 1 aromatic heterocycles. The Hall–Kier alpha value is -1.50. The van der Waals surface area contributed by atoms with Gasteiger partial charge >= 0.3 is 0 Å². The van der Waals surface area contributed by atoms with Crippen LogP contribution in [0, 0.1) is 0 Å². The van der Waals surface area contributed by atoms with Gasteiger partial charge in [0.1, 0.15) is 0 Å². The summed E-state index contributed by atoms with van der Waals surface area (Å²) < 4.78 is 0. The van der Waals surface area contributed by atoms with Crippen LogP contribution in [-0.2, 0) is 0 Å². The fourth-order valence-corrected chi connectivity index (χ4v) is 1.98. The maximum Gasteiger partial charge on any atom is 0.295 e. The van der Waals surface area contributed by atoms with E-state index in [1.54, 1.807) is 4.90 Å². The van der Waals surface area contributed by atoms with Crippen molar-refractivity contribution in [2.24, 2.45) is 0 Å². The lowest BCUT2D eigenvalue weighted by atomic mass is 10.0. The Labute approximate surface area is 93.8 Å². The number of nitrogens with zero attached hydrogens (tertiary/aromatic N) is 5. The normalized spacial score (nSPS) is 18.1. The molecule has 1 N–H and O–H groups in total. The van der Waals surface area contributed by atoms with Gasteiger partial charge in [0.05, 0.1) is 0 Å². The maximum absolute atomic E-state index is 11.9. The summed E-state index contributed by atoms with van der Waals surface area (Å²) in [7, 11) is 4.14. The second-order valence-corrected chi connectivity index (χ2v) is 4.22. The number of carbonyl (C=O) groups is 1. The van der Waals surface area contributed by atoms with Crippen molar-refractivity contribution in [2.75, 3.05) is 27.2 Å². The molecular weight excluding hydrogens is 208 g/mol. The summed E-state index contributed by atoms with van der Waals surface area (Å²) in [5.74, 6) is 0.0225. The van der Waals surface area contributed by atoms with Crippen LogP contribution in [0.25, 0.3) is 0 Å². The Balaban J connectivity index is 1.92. The Kier molecular flexibility index (Phi) is 3.14. The number of nitrogens with one attached hydrogen (secondary N) is 1. The fraction of sp³-hybridized carbons (Fsp3) is 0.778. The highest BCUT2D eigenvalue weighted by atomic mass is 16.2. The maximum atomic E-state index is 11.9. The third kappa shape index (κ3) is 2.19. The van der Waals surface area contributed by atoms with Crippen LogP contribution in [0.4, 0.5) is 0 Å². The van der Waals surface area contributed by atoms with Crippen LogP contribution in [0.1, 0.15) is 23.5 Å². The first kappa shape index (κ1) is 11.0. The zero-order valence-corrected chi connectivity index (χ0v) is 9.55. The minimum absolute atomic E-state index is 0.133. The summed E-state index contributed by atoms with van der Waals surface area (Å²) in [6, 6.07) is 0.564. The van der Waals surface area contributed by atoms with Crippen LogP contribution in [-0.4, -0.2) is 69.6 Å². The van der Waals surface area contributed by atoms with Crippen LogP contribution in [0.3, 0.4) is 0 Å². The van der Waals surface area contributed by atoms with Crippen LogP contribution in [0.2, 0.25) is 0 Å². The predicted octanol–water partition coefficient (Wildman–Crippen LogP) is -0.634. The summed E-state index contributed by atoms with van der Waals surface area (Å²) >= 11 is 0. The molecular formula is C9H16N6O. The van der Waals surface area contributed by atoms with E-state index in [1.807, 2.05) is 0 Å². The predicted molar refractivity (Wildman–Crippen MR) is 56.8 cm³/mol. The van der Waals surface area contributed by atoms with Gasteiger partial charge < -0.3 is 9.80 Å². The number of aromatic nitrogens is 4. The van der Waals surface area contributed by atoms with E-state index in [-0.39, 0.29) is 11.7 Å². The molecule has 1 aromatic rings. The summed E-state index contributed by atoms with van der Waals surface area (Å²) in [6.07, 6.45) is 1.99. The molecule has 2 heterocycles. The molecule has 1 amide bonds. The van der Waals surface area contributed by atoms with Gasteiger partial charge in [0.25, 0.3) is 11.7 Å². The highest BCUT2D eigenvalue weighted by Crippen LogP contribution is 2.15. The van der Waals surface area contributed by atoms with Crippen molar-refractivity contribution in [3.8, 4) is 0 Å². The van der Waals surface area contributed by atoms with E-state index in [0.29, 0.717) is 6.04 Å². The topological polar surface area (TPSA) is 78.0 Å². The summed E-state index contributed by atoms with van der Waals surface area (Å²) in [5, 5.41) is 13.1. The zero-order chi connectivity index (χ0) is 11.5. The standard InChI is InChI=1S/C9H16N6O/c1-14(2)7-3-5-15(6-4-7)9(16)8-10-12-13-11-8/h7H,3-6H2,1-2H3,(H,10,11,12,13). The highest BCUT2D eigenvalue weighted by Gasteiger charge is 2.26. The van der Waals surface area contributed by atoms with Gasteiger partial charge in [-0.25, -0.2) is 0 Å². The first-order valence-electron chi connectivity index (χ1n) is 5.37. The van der Waals surface area contributed by atoms with Gasteiger partial charge in [0.15, 0.2) is 0 Å². The van der Waals surface area contributed by atoms with Gasteiger partial charge in [0.2, 0.25) is 0 Å². The number of carbonyl (C=O) groups excluding carboxylic acids is 1. The Bertz CT molecular complexity index is 341. The number of likely N-dealkylation sites (tertiary alicyclic amines) is 1. The minimum Gasteiger partial charge on any atom is -0.336 e. The van der Waals surface area contributed by atoms with Gasteiger partial charge in [-0.1, -0.05) is 0 Å². The number of aromatic amines is 1. The number of piperidine rings is 1. The molecule has 0 unspecified atom stereocenters. The van der Waals surface area contributed by atoms with Gasteiger partial charge in [-0.3, -0.25) is 4.79 Å². The Morgan fingerprint density at radius 1 is 1.44 bits per heavy atom. The molecule has 0 radical (unpaired) electrons. The smallest absolute Gasteiger partial charge is 0.295 e. The summed E-state index contributed by atoms with van der Waals surface area (Å²) in [4.78, 5) is 15.9. The van der Waals surface area contributed by atoms with Crippen molar-refractivity contribution in [3.63, 3.8) is 0 Å². The molecule has 16 heavy (non-hydrogen) atoms. The molecule has 0 bridgehead atoms. The van der Waals surface area contributed by atoms with Crippen LogP contribution < -0.4 is 0 Å². The average Bonchev–Trinajstić information content (AvgIpc) is 2.81. The fourth-order valence-electron chi connectivity index (χ4n) is 1.98. The van der Waals surface area contributed by atoms with Gasteiger partial charge in [-0.15, -0.1) is 10.2 Å². The number of tetrazole rings is 1. The zero-order valence-electron chi connectivity index (χ0n) is 9.55. The molecule has 7 nitrogen and oxygen atoms in total. The van der Waals surface area contributed by atoms with Crippen molar-refractivity contribution < 1.29 is 4.79 Å². The molecule has 0 spiro atoms. The van der Waals surface area contributed by atoms with Crippen molar-refractivity contribution in [2.45, 2.75) is 18.9 Å². The largest absolute Gasteiger partial charge is 0.336 e. The lowest BCUT2D eigenvalue weighted by molar-refractivity contribution is 0.0651.